The van der Waals surface area contributed by atoms with E-state index in [-0.39, 0.29) is 6.04 Å². The second kappa shape index (κ2) is 6.34. The first-order valence-corrected chi connectivity index (χ1v) is 8.66. The number of hydrogen-bond acceptors (Lipinski definition) is 4. The van der Waals surface area contributed by atoms with Gasteiger partial charge in [-0.1, -0.05) is 0 Å². The molecule has 5 nitrogen and oxygen atoms in total. The number of nitrogens with zero attached hydrogens (tertiary/aromatic N) is 1. The number of nitrogens with one attached hydrogen (secondary N) is 1. The van der Waals surface area contributed by atoms with E-state index in [9.17, 15) is 8.42 Å². The van der Waals surface area contributed by atoms with Crippen molar-refractivity contribution in [1.29, 1.82) is 0 Å². The normalized spacial score (nSPS) is 17.2. The third-order valence-corrected chi connectivity index (χ3v) is 6.22. The third kappa shape index (κ3) is 3.22. The van der Waals surface area contributed by atoms with Crippen molar-refractivity contribution >= 4 is 10.0 Å². The van der Waals surface area contributed by atoms with E-state index >= 15 is 0 Å². The molecule has 6 heteroatoms. The molecule has 1 aromatic carbocycles. The van der Waals surface area contributed by atoms with E-state index < -0.39 is 10.0 Å². The van der Waals surface area contributed by atoms with Gasteiger partial charge in [0.25, 0.3) is 0 Å². The van der Waals surface area contributed by atoms with Gasteiger partial charge in [-0.25, -0.2) is 8.42 Å². The van der Waals surface area contributed by atoms with Crippen LogP contribution in [0.5, 0.6) is 5.75 Å². The van der Waals surface area contributed by atoms with Crippen molar-refractivity contribution in [1.82, 2.24) is 9.62 Å². The van der Waals surface area contributed by atoms with E-state index in [4.69, 9.17) is 4.74 Å². The number of aryl methyl sites for hydroxylation is 2. The smallest absolute Gasteiger partial charge is 0.243 e. The molecule has 0 spiro atoms. The standard InChI is InChI=1S/C15H24N2O3S/c1-11-10-15(12(2)9-14(11)20-4)21(18,19)17(3)13-5-7-16-8-6-13/h9-10,13,16H,5-8H2,1-4H3. The summed E-state index contributed by atoms with van der Waals surface area (Å²) in [6, 6.07) is 3.57. The highest BCUT2D eigenvalue weighted by atomic mass is 32.2. The highest BCUT2D eigenvalue weighted by Gasteiger charge is 2.30. The molecule has 1 aromatic rings. The maximum Gasteiger partial charge on any atom is 0.243 e. The number of sulfonamides is 1. The van der Waals surface area contributed by atoms with Gasteiger partial charge in [0.15, 0.2) is 0 Å². The van der Waals surface area contributed by atoms with E-state index in [1.807, 2.05) is 13.8 Å². The van der Waals surface area contributed by atoms with Crippen molar-refractivity contribution in [3.8, 4) is 5.75 Å². The van der Waals surface area contributed by atoms with Gasteiger partial charge in [0.05, 0.1) is 12.0 Å². The van der Waals surface area contributed by atoms with Gasteiger partial charge in [-0.05, 0) is 63.0 Å². The van der Waals surface area contributed by atoms with Crippen LogP contribution in [0.1, 0.15) is 24.0 Å². The second-order valence-corrected chi connectivity index (χ2v) is 7.56. The zero-order valence-electron chi connectivity index (χ0n) is 13.1. The Labute approximate surface area is 127 Å². The molecule has 2 rings (SSSR count). The molecule has 1 aliphatic rings. The molecule has 0 amide bonds. The lowest BCUT2D eigenvalue weighted by molar-refractivity contribution is 0.296. The lowest BCUT2D eigenvalue weighted by atomic mass is 10.1. The lowest BCUT2D eigenvalue weighted by Gasteiger charge is -2.31. The predicted octanol–water partition coefficient (Wildman–Crippen LogP) is 1.68. The number of ether oxygens (including phenoxy) is 1. The third-order valence-electron chi connectivity index (χ3n) is 4.17. The Balaban J connectivity index is 2.36. The number of piperidine rings is 1. The van der Waals surface area contributed by atoms with Gasteiger partial charge >= 0.3 is 0 Å². The molecule has 1 N–H and O–H groups in total. The average Bonchev–Trinajstić information content (AvgIpc) is 2.49. The number of hydrogen-bond donors (Lipinski definition) is 1. The molecule has 0 unspecified atom stereocenters. The van der Waals surface area contributed by atoms with E-state index in [1.165, 1.54) is 4.31 Å². The Kier molecular flexibility index (Phi) is 4.91. The monoisotopic (exact) mass is 312 g/mol. The van der Waals surface area contributed by atoms with Crippen LogP contribution in [-0.4, -0.2) is 46.0 Å². The Morgan fingerprint density at radius 1 is 1.19 bits per heavy atom. The molecule has 1 saturated heterocycles. The Morgan fingerprint density at radius 2 is 1.81 bits per heavy atom. The van der Waals surface area contributed by atoms with Crippen molar-refractivity contribution < 1.29 is 13.2 Å². The van der Waals surface area contributed by atoms with Crippen LogP contribution in [0.25, 0.3) is 0 Å². The summed E-state index contributed by atoms with van der Waals surface area (Å²) in [7, 11) is -0.188. The fourth-order valence-corrected chi connectivity index (χ4v) is 4.49. The minimum atomic E-state index is -3.47. The van der Waals surface area contributed by atoms with Gasteiger partial charge in [0.2, 0.25) is 10.0 Å². The van der Waals surface area contributed by atoms with E-state index in [0.29, 0.717) is 4.90 Å². The van der Waals surface area contributed by atoms with Crippen molar-refractivity contribution in [2.24, 2.45) is 0 Å². The summed E-state index contributed by atoms with van der Waals surface area (Å²) < 4.78 is 32.5. The lowest BCUT2D eigenvalue weighted by Crippen LogP contribution is -2.44. The van der Waals surface area contributed by atoms with Gasteiger partial charge in [0, 0.05) is 13.1 Å². The summed E-state index contributed by atoms with van der Waals surface area (Å²) in [5, 5.41) is 3.26. The molecule has 0 aliphatic carbocycles. The zero-order valence-corrected chi connectivity index (χ0v) is 14.0. The van der Waals surface area contributed by atoms with Gasteiger partial charge in [0.1, 0.15) is 5.75 Å². The van der Waals surface area contributed by atoms with Gasteiger partial charge in [-0.2, -0.15) is 4.31 Å². The fourth-order valence-electron chi connectivity index (χ4n) is 2.78. The van der Waals surface area contributed by atoms with Crippen LogP contribution >= 0.6 is 0 Å². The molecule has 1 aliphatic heterocycles. The van der Waals surface area contributed by atoms with Crippen LogP contribution in [-0.2, 0) is 10.0 Å². The maximum absolute atomic E-state index is 12.9. The Morgan fingerprint density at radius 3 is 2.38 bits per heavy atom. The summed E-state index contributed by atoms with van der Waals surface area (Å²) in [5.74, 6) is 0.718. The van der Waals surface area contributed by atoms with Crippen molar-refractivity contribution in [3.05, 3.63) is 23.3 Å². The first-order valence-electron chi connectivity index (χ1n) is 7.22. The maximum atomic E-state index is 12.9. The molecule has 21 heavy (non-hydrogen) atoms. The van der Waals surface area contributed by atoms with Gasteiger partial charge < -0.3 is 10.1 Å². The van der Waals surface area contributed by atoms with Crippen LogP contribution in [0.4, 0.5) is 0 Å². The molecule has 0 radical (unpaired) electrons. The molecule has 118 valence electrons. The van der Waals surface area contributed by atoms with Gasteiger partial charge in [-0.3, -0.25) is 0 Å². The summed E-state index contributed by atoms with van der Waals surface area (Å²) in [5.41, 5.74) is 1.55. The molecule has 0 bridgehead atoms. The summed E-state index contributed by atoms with van der Waals surface area (Å²) in [6.07, 6.45) is 1.70. The highest BCUT2D eigenvalue weighted by molar-refractivity contribution is 7.89. The minimum Gasteiger partial charge on any atom is -0.496 e. The Hall–Kier alpha value is -1.11. The molecule has 1 heterocycles. The molecular formula is C15H24N2O3S. The number of methoxy groups -OCH3 is 1. The molecule has 0 atom stereocenters. The van der Waals surface area contributed by atoms with Gasteiger partial charge in [-0.15, -0.1) is 0 Å². The van der Waals surface area contributed by atoms with E-state index in [2.05, 4.69) is 5.32 Å². The van der Waals surface area contributed by atoms with Crippen LogP contribution in [0, 0.1) is 13.8 Å². The van der Waals surface area contributed by atoms with Crippen LogP contribution in [0.15, 0.2) is 17.0 Å². The molecule has 1 fully saturated rings. The average molecular weight is 312 g/mol. The van der Waals surface area contributed by atoms with Crippen molar-refractivity contribution in [2.45, 2.75) is 37.6 Å². The van der Waals surface area contributed by atoms with Crippen molar-refractivity contribution in [3.63, 3.8) is 0 Å². The molecular weight excluding hydrogens is 288 g/mol. The van der Waals surface area contributed by atoms with Crippen molar-refractivity contribution in [2.75, 3.05) is 27.2 Å². The second-order valence-electron chi connectivity index (χ2n) is 5.59. The summed E-state index contributed by atoms with van der Waals surface area (Å²) in [6.45, 7) is 5.41. The summed E-state index contributed by atoms with van der Waals surface area (Å²) in [4.78, 5) is 0.377. The number of benzene rings is 1. The van der Waals surface area contributed by atoms with Crippen LogP contribution < -0.4 is 10.1 Å². The summed E-state index contributed by atoms with van der Waals surface area (Å²) >= 11 is 0. The van der Waals surface area contributed by atoms with Crippen LogP contribution in [0.3, 0.4) is 0 Å². The SMILES string of the molecule is COc1cc(C)c(S(=O)(=O)N(C)C2CCNCC2)cc1C. The quantitative estimate of drug-likeness (QED) is 0.919. The van der Waals surface area contributed by atoms with Crippen LogP contribution in [0.2, 0.25) is 0 Å². The van der Waals surface area contributed by atoms with E-state index in [1.54, 1.807) is 26.3 Å². The largest absolute Gasteiger partial charge is 0.496 e. The zero-order chi connectivity index (χ0) is 15.6. The number of rotatable bonds is 4. The first kappa shape index (κ1) is 16.3. The highest BCUT2D eigenvalue weighted by Crippen LogP contribution is 2.29. The first-order chi connectivity index (χ1) is 9.87. The molecule has 0 aromatic heterocycles. The predicted molar refractivity (Wildman–Crippen MR) is 83.3 cm³/mol. The van der Waals surface area contributed by atoms with E-state index in [0.717, 1.165) is 42.8 Å². The minimum absolute atomic E-state index is 0.0676. The fraction of sp³-hybridized carbons (Fsp3) is 0.600. The molecule has 0 saturated carbocycles. The Bertz CT molecular complexity index is 608. The topological polar surface area (TPSA) is 58.6 Å².